The second kappa shape index (κ2) is 8.83. The molecule has 29 heavy (non-hydrogen) atoms. The molecule has 0 bridgehead atoms. The molecule has 148 valence electrons. The molecule has 0 aliphatic carbocycles. The fourth-order valence-corrected chi connectivity index (χ4v) is 2.55. The molecule has 0 radical (unpaired) electrons. The van der Waals surface area contributed by atoms with Crippen molar-refractivity contribution in [2.75, 3.05) is 13.7 Å². The van der Waals surface area contributed by atoms with E-state index in [0.717, 1.165) is 0 Å². The largest absolute Gasteiger partial charge is 0.496 e. The Morgan fingerprint density at radius 1 is 1.03 bits per heavy atom. The highest BCUT2D eigenvalue weighted by Crippen LogP contribution is 2.22. The van der Waals surface area contributed by atoms with E-state index in [4.69, 9.17) is 13.9 Å². The average Bonchev–Trinajstić information content (AvgIpc) is 3.14. The number of hydrogen-bond acceptors (Lipinski definition) is 7. The number of aryl methyl sites for hydroxylation is 1. The molecule has 0 saturated heterocycles. The summed E-state index contributed by atoms with van der Waals surface area (Å²) in [5, 5.41) is 2.14. The molecule has 1 N–H and O–H groups in total. The number of nitrogens with one attached hydrogen (secondary N) is 1. The molecule has 0 unspecified atom stereocenters. The van der Waals surface area contributed by atoms with E-state index in [1.54, 1.807) is 37.3 Å². The van der Waals surface area contributed by atoms with Gasteiger partial charge in [0.25, 0.3) is 11.8 Å². The van der Waals surface area contributed by atoms with E-state index in [1.165, 1.54) is 13.2 Å². The van der Waals surface area contributed by atoms with Crippen LogP contribution in [0.3, 0.4) is 0 Å². The molecular weight excluding hydrogens is 376 g/mol. The third-order valence-corrected chi connectivity index (χ3v) is 3.95. The highest BCUT2D eigenvalue weighted by Gasteiger charge is 2.21. The number of nitrogens with zero attached hydrogens (tertiary/aromatic N) is 1. The maximum Gasteiger partial charge on any atom is 0.361 e. The molecule has 0 aliphatic rings. The Hall–Kier alpha value is -3.94. The number of carbonyl (C=O) groups is 3. The number of amides is 2. The van der Waals surface area contributed by atoms with Crippen molar-refractivity contribution in [2.45, 2.75) is 6.92 Å². The first-order valence-corrected chi connectivity index (χ1v) is 8.66. The summed E-state index contributed by atoms with van der Waals surface area (Å²) in [5.74, 6) is -1.41. The van der Waals surface area contributed by atoms with E-state index < -0.39 is 24.4 Å². The number of rotatable bonds is 6. The number of methoxy groups -OCH3 is 1. The molecule has 3 rings (SSSR count). The van der Waals surface area contributed by atoms with Crippen LogP contribution in [-0.2, 0) is 9.53 Å². The normalized spacial score (nSPS) is 10.3. The van der Waals surface area contributed by atoms with Crippen LogP contribution in [0.4, 0.5) is 0 Å². The second-order valence-corrected chi connectivity index (χ2v) is 5.94. The fraction of sp³-hybridized carbons (Fsp3) is 0.143. The van der Waals surface area contributed by atoms with Crippen molar-refractivity contribution in [1.29, 1.82) is 0 Å². The molecule has 1 aromatic heterocycles. The van der Waals surface area contributed by atoms with Gasteiger partial charge < -0.3 is 13.9 Å². The van der Waals surface area contributed by atoms with Crippen LogP contribution in [0.2, 0.25) is 0 Å². The average molecular weight is 394 g/mol. The number of benzene rings is 2. The van der Waals surface area contributed by atoms with E-state index in [2.05, 4.69) is 10.3 Å². The highest BCUT2D eigenvalue weighted by molar-refractivity contribution is 6.07. The number of imide groups is 1. The summed E-state index contributed by atoms with van der Waals surface area (Å²) < 4.78 is 15.5. The van der Waals surface area contributed by atoms with E-state index in [9.17, 15) is 14.4 Å². The molecule has 8 nitrogen and oxygen atoms in total. The van der Waals surface area contributed by atoms with Gasteiger partial charge in [0.1, 0.15) is 11.5 Å². The Labute approximate surface area is 166 Å². The third-order valence-electron chi connectivity index (χ3n) is 3.95. The van der Waals surface area contributed by atoms with Crippen molar-refractivity contribution in [3.05, 3.63) is 71.6 Å². The number of aromatic nitrogens is 1. The fourth-order valence-electron chi connectivity index (χ4n) is 2.55. The molecular formula is C21H18N2O6. The molecule has 2 aromatic carbocycles. The maximum atomic E-state index is 12.2. The van der Waals surface area contributed by atoms with Crippen LogP contribution in [0.1, 0.15) is 26.6 Å². The lowest BCUT2D eigenvalue weighted by molar-refractivity contribution is -0.123. The number of carbonyl (C=O) groups excluding carboxylic acids is 3. The molecule has 0 saturated carbocycles. The van der Waals surface area contributed by atoms with Gasteiger partial charge in [0.2, 0.25) is 5.89 Å². The van der Waals surface area contributed by atoms with Gasteiger partial charge in [0, 0.05) is 5.56 Å². The van der Waals surface area contributed by atoms with Gasteiger partial charge in [0.15, 0.2) is 12.3 Å². The summed E-state index contributed by atoms with van der Waals surface area (Å²) in [7, 11) is 1.42. The Morgan fingerprint density at radius 2 is 1.72 bits per heavy atom. The number of para-hydroxylation sites is 1. The zero-order valence-corrected chi connectivity index (χ0v) is 15.8. The number of hydrogen-bond donors (Lipinski definition) is 1. The minimum absolute atomic E-state index is 0.0345. The Kier molecular flexibility index (Phi) is 6.03. The molecule has 0 spiro atoms. The predicted octanol–water partition coefficient (Wildman–Crippen LogP) is 2.77. The van der Waals surface area contributed by atoms with Gasteiger partial charge in [-0.1, -0.05) is 30.3 Å². The zero-order valence-electron chi connectivity index (χ0n) is 15.8. The summed E-state index contributed by atoms with van der Waals surface area (Å²) in [4.78, 5) is 40.5. The standard InChI is InChI=1S/C21H18N2O6/c1-13-18(23-20(29-13)14-8-4-3-5-9-14)21(26)28-12-17(24)22-19(25)15-10-6-7-11-16(15)27-2/h3-11H,12H2,1-2H3,(H,22,24,25). The van der Waals surface area contributed by atoms with Crippen molar-refractivity contribution < 1.29 is 28.3 Å². The number of oxazole rings is 1. The van der Waals surface area contributed by atoms with E-state index in [-0.39, 0.29) is 22.9 Å². The van der Waals surface area contributed by atoms with Crippen LogP contribution in [0.15, 0.2) is 59.0 Å². The first-order chi connectivity index (χ1) is 14.0. The predicted molar refractivity (Wildman–Crippen MR) is 102 cm³/mol. The third kappa shape index (κ3) is 4.67. The Bertz CT molecular complexity index is 1040. The smallest absolute Gasteiger partial charge is 0.361 e. The van der Waals surface area contributed by atoms with Crippen LogP contribution in [-0.4, -0.2) is 36.5 Å². The van der Waals surface area contributed by atoms with Gasteiger partial charge in [-0.25, -0.2) is 9.78 Å². The summed E-state index contributed by atoms with van der Waals surface area (Å²) >= 11 is 0. The maximum absolute atomic E-state index is 12.2. The number of ether oxygens (including phenoxy) is 2. The van der Waals surface area contributed by atoms with Gasteiger partial charge in [-0.2, -0.15) is 0 Å². The van der Waals surface area contributed by atoms with E-state index in [1.807, 2.05) is 18.2 Å². The molecule has 3 aromatic rings. The quantitative estimate of drug-likeness (QED) is 0.641. The molecule has 0 atom stereocenters. The lowest BCUT2D eigenvalue weighted by atomic mass is 10.2. The Balaban J connectivity index is 1.60. The van der Waals surface area contributed by atoms with Crippen molar-refractivity contribution >= 4 is 17.8 Å². The lowest BCUT2D eigenvalue weighted by Gasteiger charge is -2.08. The van der Waals surface area contributed by atoms with Crippen LogP contribution in [0.25, 0.3) is 11.5 Å². The monoisotopic (exact) mass is 394 g/mol. The van der Waals surface area contributed by atoms with Gasteiger partial charge >= 0.3 is 5.97 Å². The van der Waals surface area contributed by atoms with Gasteiger partial charge in [-0.15, -0.1) is 0 Å². The first kappa shape index (κ1) is 19.8. The Morgan fingerprint density at radius 3 is 2.45 bits per heavy atom. The van der Waals surface area contributed by atoms with Gasteiger partial charge in [-0.3, -0.25) is 14.9 Å². The van der Waals surface area contributed by atoms with Crippen molar-refractivity contribution in [1.82, 2.24) is 10.3 Å². The van der Waals surface area contributed by atoms with Gasteiger partial charge in [-0.05, 0) is 31.2 Å². The van der Waals surface area contributed by atoms with Crippen molar-refractivity contribution in [3.63, 3.8) is 0 Å². The summed E-state index contributed by atoms with van der Waals surface area (Å²) in [5.41, 5.74) is 0.858. The first-order valence-electron chi connectivity index (χ1n) is 8.66. The van der Waals surface area contributed by atoms with Crippen LogP contribution < -0.4 is 10.1 Å². The minimum Gasteiger partial charge on any atom is -0.496 e. The molecule has 0 fully saturated rings. The van der Waals surface area contributed by atoms with Crippen molar-refractivity contribution in [3.8, 4) is 17.2 Å². The minimum atomic E-state index is -0.826. The molecule has 8 heteroatoms. The molecule has 0 aliphatic heterocycles. The number of esters is 1. The van der Waals surface area contributed by atoms with Crippen molar-refractivity contribution in [2.24, 2.45) is 0 Å². The van der Waals surface area contributed by atoms with Crippen LogP contribution in [0.5, 0.6) is 5.75 Å². The van der Waals surface area contributed by atoms with E-state index in [0.29, 0.717) is 11.3 Å². The molecule has 1 heterocycles. The summed E-state index contributed by atoms with van der Waals surface area (Å²) in [6, 6.07) is 15.5. The lowest BCUT2D eigenvalue weighted by Crippen LogP contribution is -2.34. The second-order valence-electron chi connectivity index (χ2n) is 5.94. The SMILES string of the molecule is COc1ccccc1C(=O)NC(=O)COC(=O)c1nc(-c2ccccc2)oc1C. The van der Waals surface area contributed by atoms with Gasteiger partial charge in [0.05, 0.1) is 12.7 Å². The summed E-state index contributed by atoms with van der Waals surface area (Å²) in [6.07, 6.45) is 0. The zero-order chi connectivity index (χ0) is 20.8. The van der Waals surface area contributed by atoms with Crippen LogP contribution >= 0.6 is 0 Å². The molecule has 2 amide bonds. The summed E-state index contributed by atoms with van der Waals surface area (Å²) in [6.45, 7) is 0.925. The van der Waals surface area contributed by atoms with E-state index >= 15 is 0 Å². The topological polar surface area (TPSA) is 108 Å². The highest BCUT2D eigenvalue weighted by atomic mass is 16.5. The van der Waals surface area contributed by atoms with Crippen LogP contribution in [0, 0.1) is 6.92 Å².